The molecule has 1 amide bonds. The van der Waals surface area contributed by atoms with Crippen LogP contribution in [0.4, 0.5) is 0 Å². The van der Waals surface area contributed by atoms with Crippen molar-refractivity contribution in [2.45, 2.75) is 44.6 Å². The summed E-state index contributed by atoms with van der Waals surface area (Å²) in [5.41, 5.74) is 4.00. The van der Waals surface area contributed by atoms with E-state index in [9.17, 15) is 9.90 Å². The molecule has 0 unspecified atom stereocenters. The van der Waals surface area contributed by atoms with Crippen LogP contribution in [0.5, 0.6) is 0 Å². The number of aliphatic hydroxyl groups excluding tert-OH is 1. The molecule has 1 aliphatic carbocycles. The fourth-order valence-electron chi connectivity index (χ4n) is 3.83. The Morgan fingerprint density at radius 1 is 1.48 bits per heavy atom. The lowest BCUT2D eigenvalue weighted by molar-refractivity contribution is 0.0382. The number of hydrogen-bond donors (Lipinski definition) is 2. The van der Waals surface area contributed by atoms with E-state index in [0.29, 0.717) is 18.8 Å². The summed E-state index contributed by atoms with van der Waals surface area (Å²) in [7, 11) is 0. The molecule has 23 heavy (non-hydrogen) atoms. The lowest BCUT2D eigenvalue weighted by Gasteiger charge is -2.35. The smallest absolute Gasteiger partial charge is 0.274 e. The molecule has 1 fully saturated rings. The van der Waals surface area contributed by atoms with Gasteiger partial charge in [0.15, 0.2) is 5.69 Å². The van der Waals surface area contributed by atoms with Crippen molar-refractivity contribution >= 4 is 17.2 Å². The van der Waals surface area contributed by atoms with Crippen molar-refractivity contribution in [3.05, 3.63) is 38.8 Å². The zero-order valence-electron chi connectivity index (χ0n) is 13.2. The quantitative estimate of drug-likeness (QED) is 0.887. The third-order valence-electron chi connectivity index (χ3n) is 5.12. The van der Waals surface area contributed by atoms with Gasteiger partial charge in [0, 0.05) is 35.1 Å². The molecule has 0 radical (unpaired) electrons. The molecule has 4 rings (SSSR count). The molecule has 0 spiro atoms. The predicted molar refractivity (Wildman–Crippen MR) is 88.9 cm³/mol. The minimum atomic E-state index is -0.503. The van der Waals surface area contributed by atoms with Crippen molar-refractivity contribution in [1.82, 2.24) is 15.1 Å². The van der Waals surface area contributed by atoms with Gasteiger partial charge in [-0.15, -0.1) is 11.3 Å². The van der Waals surface area contributed by atoms with Gasteiger partial charge in [0.1, 0.15) is 0 Å². The van der Waals surface area contributed by atoms with E-state index in [0.717, 1.165) is 36.9 Å². The number of amides is 1. The largest absolute Gasteiger partial charge is 0.391 e. The van der Waals surface area contributed by atoms with E-state index in [1.165, 1.54) is 10.4 Å². The summed E-state index contributed by atoms with van der Waals surface area (Å²) < 4.78 is 0. The number of carbonyl (C=O) groups is 1. The number of hydrogen-bond acceptors (Lipinski definition) is 4. The van der Waals surface area contributed by atoms with Gasteiger partial charge in [-0.05, 0) is 49.6 Å². The van der Waals surface area contributed by atoms with E-state index in [-0.39, 0.29) is 11.8 Å². The average molecular weight is 331 g/mol. The SMILES string of the molecule is Cc1ccsc1[C@@H]1CCN(C(=O)c2n[nH]c3c2CCC3)C[C@H]1O. The Balaban J connectivity index is 1.50. The fraction of sp³-hybridized carbons (Fsp3) is 0.529. The van der Waals surface area contributed by atoms with Gasteiger partial charge in [0.05, 0.1) is 6.10 Å². The number of aromatic nitrogens is 2. The third kappa shape index (κ3) is 2.50. The second-order valence-corrected chi connectivity index (χ2v) is 7.51. The zero-order chi connectivity index (χ0) is 16.0. The highest BCUT2D eigenvalue weighted by Gasteiger charge is 2.35. The second-order valence-electron chi connectivity index (χ2n) is 6.56. The molecule has 2 atom stereocenters. The van der Waals surface area contributed by atoms with Crippen LogP contribution in [-0.2, 0) is 12.8 Å². The third-order valence-corrected chi connectivity index (χ3v) is 6.27. The van der Waals surface area contributed by atoms with E-state index in [1.54, 1.807) is 16.2 Å². The van der Waals surface area contributed by atoms with Crippen molar-refractivity contribution in [3.8, 4) is 0 Å². The Labute approximate surface area is 139 Å². The Hall–Kier alpha value is -1.66. The minimum absolute atomic E-state index is 0.0372. The average Bonchev–Trinajstić information content (AvgIpc) is 3.23. The highest BCUT2D eigenvalue weighted by atomic mass is 32.1. The Bertz CT molecular complexity index is 736. The molecular weight excluding hydrogens is 310 g/mol. The van der Waals surface area contributed by atoms with Gasteiger partial charge in [0.25, 0.3) is 5.91 Å². The van der Waals surface area contributed by atoms with Crippen LogP contribution in [-0.4, -0.2) is 45.3 Å². The van der Waals surface area contributed by atoms with Crippen molar-refractivity contribution in [2.24, 2.45) is 0 Å². The summed E-state index contributed by atoms with van der Waals surface area (Å²) in [6, 6.07) is 2.09. The minimum Gasteiger partial charge on any atom is -0.391 e. The molecule has 1 aliphatic heterocycles. The van der Waals surface area contributed by atoms with E-state index >= 15 is 0 Å². The molecule has 2 aromatic rings. The molecule has 1 saturated heterocycles. The van der Waals surface area contributed by atoms with Gasteiger partial charge < -0.3 is 10.0 Å². The number of β-amino-alcohol motifs (C(OH)–C–C–N with tert-alkyl or cyclic N) is 1. The molecule has 3 heterocycles. The number of fused-ring (bicyclic) bond motifs is 1. The zero-order valence-corrected chi connectivity index (χ0v) is 14.0. The lowest BCUT2D eigenvalue weighted by atomic mass is 9.90. The molecule has 122 valence electrons. The second kappa shape index (κ2) is 5.76. The van der Waals surface area contributed by atoms with Gasteiger partial charge in [-0.2, -0.15) is 5.10 Å². The summed E-state index contributed by atoms with van der Waals surface area (Å²) in [6.07, 6.45) is 3.31. The molecule has 2 N–H and O–H groups in total. The number of piperidine rings is 1. The molecule has 0 saturated carbocycles. The number of H-pyrrole nitrogens is 1. The summed E-state index contributed by atoms with van der Waals surface area (Å²) in [4.78, 5) is 15.8. The van der Waals surface area contributed by atoms with Crippen LogP contribution >= 0.6 is 11.3 Å². The van der Waals surface area contributed by atoms with Gasteiger partial charge in [-0.25, -0.2) is 0 Å². The standard InChI is InChI=1S/C17H21N3O2S/c1-10-6-8-23-16(10)12-5-7-20(9-14(12)21)17(22)15-11-3-2-4-13(11)18-19-15/h6,8,12,14,21H,2-5,7,9H2,1H3,(H,18,19)/t12-,14-/m1/s1. The van der Waals surface area contributed by atoms with Crippen molar-refractivity contribution in [2.75, 3.05) is 13.1 Å². The Morgan fingerprint density at radius 3 is 3.09 bits per heavy atom. The van der Waals surface area contributed by atoms with Gasteiger partial charge in [-0.1, -0.05) is 0 Å². The lowest BCUT2D eigenvalue weighted by Crippen LogP contribution is -2.46. The number of aryl methyl sites for hydroxylation is 2. The highest BCUT2D eigenvalue weighted by Crippen LogP contribution is 2.34. The maximum absolute atomic E-state index is 12.8. The summed E-state index contributed by atoms with van der Waals surface area (Å²) in [5.74, 6) is 0.105. The van der Waals surface area contributed by atoms with Crippen LogP contribution in [0, 0.1) is 6.92 Å². The van der Waals surface area contributed by atoms with E-state index in [1.807, 2.05) is 0 Å². The predicted octanol–water partition coefficient (Wildman–Crippen LogP) is 2.26. The number of aromatic amines is 1. The molecule has 5 nitrogen and oxygen atoms in total. The molecule has 0 aromatic carbocycles. The van der Waals surface area contributed by atoms with Crippen LogP contribution in [0.1, 0.15) is 50.9 Å². The number of carbonyl (C=O) groups excluding carboxylic acids is 1. The maximum atomic E-state index is 12.8. The number of aliphatic hydroxyl groups is 1. The summed E-state index contributed by atoms with van der Waals surface area (Å²) in [6.45, 7) is 3.16. The number of nitrogens with zero attached hydrogens (tertiary/aromatic N) is 2. The highest BCUT2D eigenvalue weighted by molar-refractivity contribution is 7.10. The van der Waals surface area contributed by atoms with Gasteiger partial charge >= 0.3 is 0 Å². The topological polar surface area (TPSA) is 69.2 Å². The number of nitrogens with one attached hydrogen (secondary N) is 1. The molecule has 0 bridgehead atoms. The van der Waals surface area contributed by atoms with Crippen LogP contribution in [0.25, 0.3) is 0 Å². The van der Waals surface area contributed by atoms with Gasteiger partial charge in [0.2, 0.25) is 0 Å². The number of rotatable bonds is 2. The van der Waals surface area contributed by atoms with Crippen molar-refractivity contribution < 1.29 is 9.90 Å². The van der Waals surface area contributed by atoms with E-state index < -0.39 is 6.10 Å². The summed E-state index contributed by atoms with van der Waals surface area (Å²) >= 11 is 1.70. The molecule has 6 heteroatoms. The first-order chi connectivity index (χ1) is 11.1. The molecular formula is C17H21N3O2S. The first-order valence-electron chi connectivity index (χ1n) is 8.22. The molecule has 2 aromatic heterocycles. The Morgan fingerprint density at radius 2 is 2.35 bits per heavy atom. The van der Waals surface area contributed by atoms with Crippen LogP contribution in [0.15, 0.2) is 11.4 Å². The summed E-state index contributed by atoms with van der Waals surface area (Å²) in [5, 5.41) is 19.9. The van der Waals surface area contributed by atoms with Crippen LogP contribution in [0.3, 0.4) is 0 Å². The first kappa shape index (κ1) is 14.9. The number of likely N-dealkylation sites (tertiary alicyclic amines) is 1. The van der Waals surface area contributed by atoms with E-state index in [2.05, 4.69) is 28.6 Å². The molecule has 2 aliphatic rings. The van der Waals surface area contributed by atoms with E-state index in [4.69, 9.17) is 0 Å². The maximum Gasteiger partial charge on any atom is 0.274 e. The van der Waals surface area contributed by atoms with Crippen molar-refractivity contribution in [1.29, 1.82) is 0 Å². The van der Waals surface area contributed by atoms with Crippen LogP contribution < -0.4 is 0 Å². The van der Waals surface area contributed by atoms with Gasteiger partial charge in [-0.3, -0.25) is 9.89 Å². The number of thiophene rings is 1. The monoisotopic (exact) mass is 331 g/mol. The normalized spacial score (nSPS) is 24.0. The van der Waals surface area contributed by atoms with Crippen molar-refractivity contribution in [3.63, 3.8) is 0 Å². The first-order valence-corrected chi connectivity index (χ1v) is 9.10. The fourth-order valence-corrected chi connectivity index (χ4v) is 4.95. The van der Waals surface area contributed by atoms with Crippen LogP contribution in [0.2, 0.25) is 0 Å². The Kier molecular flexibility index (Phi) is 3.73.